The molecule has 2 aliphatic heterocycles. The Morgan fingerprint density at radius 2 is 0.712 bits per heavy atom. The van der Waals surface area contributed by atoms with Crippen LogP contribution in [0, 0.1) is 27.7 Å². The highest BCUT2D eigenvalue weighted by Gasteiger charge is 2.45. The molecule has 7 heteroatoms. The van der Waals surface area contributed by atoms with E-state index in [1.807, 2.05) is 24.3 Å². The van der Waals surface area contributed by atoms with E-state index in [1.54, 1.807) is 12.1 Å². The largest absolute Gasteiger partial charge is 0.446 e. The highest BCUT2D eigenvalue weighted by molar-refractivity contribution is 8.00. The first-order valence-electron chi connectivity index (χ1n) is 22.3. The minimum absolute atomic E-state index is 0.0626. The van der Waals surface area contributed by atoms with Gasteiger partial charge in [0.25, 0.3) is 6.71 Å². The number of halogens is 3. The van der Waals surface area contributed by atoms with Crippen molar-refractivity contribution in [1.82, 2.24) is 0 Å². The zero-order valence-corrected chi connectivity index (χ0v) is 37.8. The predicted octanol–water partition coefficient (Wildman–Crippen LogP) is 15.3. The lowest BCUT2D eigenvalue weighted by Gasteiger charge is -2.44. The van der Waals surface area contributed by atoms with Crippen LogP contribution in [0.2, 0.25) is 0 Å². The molecule has 320 valence electrons. The van der Waals surface area contributed by atoms with Crippen molar-refractivity contribution in [3.63, 3.8) is 0 Å². The summed E-state index contributed by atoms with van der Waals surface area (Å²) in [4.78, 5) is 4.49. The molecule has 11 rings (SSSR count). The van der Waals surface area contributed by atoms with E-state index >= 15 is 0 Å². The molecule has 0 N–H and O–H groups in total. The van der Waals surface area contributed by atoms with Crippen LogP contribution >= 0.6 is 11.8 Å². The van der Waals surface area contributed by atoms with Crippen molar-refractivity contribution < 1.29 is 13.2 Å². The standard InChI is InChI=1S/C59H44BF3N2S/c1-37-13-5-9-17-48(37)41-21-27-45(28-22-41)64-54-31-25-43(50-19-11-7-15-39(50)3)33-52(54)60-53-34-44(51-20-12-8-16-40(51)4)26-32-55(53)65(57-36-47(66-59(61,62)63)35-56(64)58(57)60)46-29-23-42(24-30-46)49-18-10-6-14-38(49)2/h5-36H,1-4H3. The fourth-order valence-corrected chi connectivity index (χ4v) is 10.8. The maximum Gasteiger partial charge on any atom is 0.446 e. The van der Waals surface area contributed by atoms with E-state index in [2.05, 4.69) is 195 Å². The molecule has 0 unspecified atom stereocenters. The van der Waals surface area contributed by atoms with E-state index in [-0.39, 0.29) is 23.4 Å². The summed E-state index contributed by atoms with van der Waals surface area (Å²) >= 11 is -0.0626. The third-order valence-electron chi connectivity index (χ3n) is 13.3. The molecule has 0 saturated carbocycles. The lowest BCUT2D eigenvalue weighted by Crippen LogP contribution is -2.61. The van der Waals surface area contributed by atoms with Gasteiger partial charge in [0.05, 0.1) is 0 Å². The summed E-state index contributed by atoms with van der Waals surface area (Å²) in [5, 5.41) is 0. The van der Waals surface area contributed by atoms with Gasteiger partial charge in [0, 0.05) is 39.0 Å². The summed E-state index contributed by atoms with van der Waals surface area (Å²) in [6.45, 7) is 8.17. The van der Waals surface area contributed by atoms with E-state index in [0.29, 0.717) is 0 Å². The van der Waals surface area contributed by atoms with Gasteiger partial charge in [0.15, 0.2) is 0 Å². The molecule has 9 aromatic rings. The van der Waals surface area contributed by atoms with Crippen molar-refractivity contribution >= 4 is 69.0 Å². The Labute approximate surface area is 389 Å². The molecule has 0 saturated heterocycles. The van der Waals surface area contributed by atoms with E-state index < -0.39 is 5.51 Å². The fourth-order valence-electron chi connectivity index (χ4n) is 10.2. The zero-order chi connectivity index (χ0) is 45.3. The van der Waals surface area contributed by atoms with Gasteiger partial charge in [-0.1, -0.05) is 146 Å². The minimum Gasteiger partial charge on any atom is -0.311 e. The van der Waals surface area contributed by atoms with E-state index in [1.165, 1.54) is 11.1 Å². The Balaban J connectivity index is 1.20. The Morgan fingerprint density at radius 1 is 0.379 bits per heavy atom. The van der Waals surface area contributed by atoms with Crippen molar-refractivity contribution in [1.29, 1.82) is 0 Å². The summed E-state index contributed by atoms with van der Waals surface area (Å²) in [5.41, 5.74) is 17.2. The molecular weight excluding hydrogens is 837 g/mol. The second-order valence-electron chi connectivity index (χ2n) is 17.4. The maximum absolute atomic E-state index is 14.7. The van der Waals surface area contributed by atoms with E-state index in [0.717, 1.165) is 106 Å². The Bertz CT molecular complexity index is 3130. The molecule has 0 spiro atoms. The lowest BCUT2D eigenvalue weighted by molar-refractivity contribution is -0.0328. The van der Waals surface area contributed by atoms with Crippen LogP contribution in [-0.4, -0.2) is 12.2 Å². The Morgan fingerprint density at radius 3 is 1.06 bits per heavy atom. The number of hydrogen-bond acceptors (Lipinski definition) is 3. The number of rotatable bonds is 7. The quantitative estimate of drug-likeness (QED) is 0.116. The number of hydrogen-bond donors (Lipinski definition) is 0. The van der Waals surface area contributed by atoms with Crippen molar-refractivity contribution in [2.45, 2.75) is 38.1 Å². The molecular formula is C59H44BF3N2S. The van der Waals surface area contributed by atoms with Crippen LogP contribution in [0.15, 0.2) is 199 Å². The van der Waals surface area contributed by atoms with Gasteiger partial charge in [0.1, 0.15) is 0 Å². The number of alkyl halides is 3. The van der Waals surface area contributed by atoms with Crippen molar-refractivity contribution in [3.8, 4) is 44.5 Å². The second kappa shape index (κ2) is 16.3. The van der Waals surface area contributed by atoms with E-state index in [9.17, 15) is 13.2 Å². The van der Waals surface area contributed by atoms with Crippen LogP contribution in [0.5, 0.6) is 0 Å². The van der Waals surface area contributed by atoms with Gasteiger partial charge in [-0.15, -0.1) is 0 Å². The van der Waals surface area contributed by atoms with Gasteiger partial charge in [-0.25, -0.2) is 0 Å². The number of anilines is 6. The molecule has 0 amide bonds. The Hall–Kier alpha value is -7.22. The molecule has 0 aromatic heterocycles. The molecule has 2 nitrogen and oxygen atoms in total. The van der Waals surface area contributed by atoms with Crippen LogP contribution in [0.1, 0.15) is 22.3 Å². The fraction of sp³-hybridized carbons (Fsp3) is 0.0847. The number of nitrogens with zero attached hydrogens (tertiary/aromatic N) is 2. The van der Waals surface area contributed by atoms with Gasteiger partial charge in [-0.2, -0.15) is 13.2 Å². The molecule has 66 heavy (non-hydrogen) atoms. The van der Waals surface area contributed by atoms with Crippen molar-refractivity contribution in [2.75, 3.05) is 9.80 Å². The zero-order valence-electron chi connectivity index (χ0n) is 37.0. The van der Waals surface area contributed by atoms with Crippen LogP contribution in [0.4, 0.5) is 47.3 Å². The molecule has 0 atom stereocenters. The number of fused-ring (bicyclic) bond motifs is 4. The van der Waals surface area contributed by atoms with Gasteiger partial charge < -0.3 is 9.80 Å². The maximum atomic E-state index is 14.7. The lowest BCUT2D eigenvalue weighted by atomic mass is 9.33. The van der Waals surface area contributed by atoms with Gasteiger partial charge in [-0.05, 0) is 171 Å². The molecule has 0 fully saturated rings. The monoisotopic (exact) mass is 880 g/mol. The first-order chi connectivity index (χ1) is 32.0. The highest BCUT2D eigenvalue weighted by atomic mass is 32.2. The first kappa shape index (κ1) is 41.5. The summed E-state index contributed by atoms with van der Waals surface area (Å²) in [7, 11) is 0. The third kappa shape index (κ3) is 7.28. The summed E-state index contributed by atoms with van der Waals surface area (Å²) in [5.74, 6) is 0. The van der Waals surface area contributed by atoms with Crippen LogP contribution in [0.25, 0.3) is 44.5 Å². The Kier molecular flexibility index (Phi) is 10.3. The average molecular weight is 881 g/mol. The van der Waals surface area contributed by atoms with E-state index in [4.69, 9.17) is 0 Å². The average Bonchev–Trinajstić information content (AvgIpc) is 3.31. The van der Waals surface area contributed by atoms with Crippen LogP contribution < -0.4 is 26.2 Å². The SMILES string of the molecule is Cc1ccccc1-c1ccc(N2c3ccc(-c4ccccc4C)cc3B3c4cc(-c5ccccc5C)ccc4N(c4ccc(-c5ccccc5C)cc4)c4cc(SC(F)(F)F)cc2c43)cc1. The van der Waals surface area contributed by atoms with Crippen LogP contribution in [-0.2, 0) is 0 Å². The van der Waals surface area contributed by atoms with Crippen molar-refractivity contribution in [3.05, 3.63) is 216 Å². The molecule has 2 aliphatic rings. The predicted molar refractivity (Wildman–Crippen MR) is 273 cm³/mol. The topological polar surface area (TPSA) is 6.48 Å². The van der Waals surface area contributed by atoms with Crippen LogP contribution in [0.3, 0.4) is 0 Å². The normalized spacial score (nSPS) is 12.7. The molecule has 0 aliphatic carbocycles. The first-order valence-corrected chi connectivity index (χ1v) is 23.1. The number of aryl methyl sites for hydroxylation is 4. The van der Waals surface area contributed by atoms with Gasteiger partial charge >= 0.3 is 5.51 Å². The highest BCUT2D eigenvalue weighted by Crippen LogP contribution is 2.49. The summed E-state index contributed by atoms with van der Waals surface area (Å²) in [6.07, 6.45) is 0. The van der Waals surface area contributed by atoms with Crippen molar-refractivity contribution in [2.24, 2.45) is 0 Å². The third-order valence-corrected chi connectivity index (χ3v) is 14.1. The minimum atomic E-state index is -4.51. The number of benzene rings is 9. The molecule has 2 heterocycles. The van der Waals surface area contributed by atoms with Gasteiger partial charge in [0.2, 0.25) is 0 Å². The smallest absolute Gasteiger partial charge is 0.311 e. The summed E-state index contributed by atoms with van der Waals surface area (Å²) in [6, 6.07) is 67.2. The molecule has 0 radical (unpaired) electrons. The number of thioether (sulfide) groups is 1. The molecule has 0 bridgehead atoms. The van der Waals surface area contributed by atoms with Gasteiger partial charge in [-0.3, -0.25) is 0 Å². The summed E-state index contributed by atoms with van der Waals surface area (Å²) < 4.78 is 44.1. The second-order valence-corrected chi connectivity index (χ2v) is 18.6. The molecule has 9 aromatic carbocycles.